The molecule has 18 heavy (non-hydrogen) atoms. The maximum Gasteiger partial charge on any atom is 0.191 e. The number of aliphatic imine (C=N–C) groups is 1. The topological polar surface area (TPSA) is 36.4 Å². The summed E-state index contributed by atoms with van der Waals surface area (Å²) < 4.78 is 0. The Labute approximate surface area is 132 Å². The third-order valence-electron chi connectivity index (χ3n) is 3.82. The molecule has 2 saturated carbocycles. The second-order valence-corrected chi connectivity index (χ2v) is 6.38. The number of guanidine groups is 1. The van der Waals surface area contributed by atoms with E-state index in [0.29, 0.717) is 6.04 Å². The molecule has 0 spiro atoms. The largest absolute Gasteiger partial charge is 0.356 e. The van der Waals surface area contributed by atoms with Crippen molar-refractivity contribution in [3.05, 3.63) is 0 Å². The number of thioether (sulfide) groups is 1. The number of hydrogen-bond acceptors (Lipinski definition) is 2. The van der Waals surface area contributed by atoms with Crippen LogP contribution in [0.15, 0.2) is 4.99 Å². The molecule has 0 saturated heterocycles. The summed E-state index contributed by atoms with van der Waals surface area (Å²) in [6, 6.07) is 0.625. The standard InChI is InChI=1S/C13H25N3S.HI/c1-14-13(15-8-7-10-3-4-10)16-11-5-6-12(9-11)17-2;/h10-12H,3-9H2,1-2H3,(H2,14,15,16);1H. The third kappa shape index (κ3) is 5.55. The van der Waals surface area contributed by atoms with Crippen LogP contribution in [0.5, 0.6) is 0 Å². The average molecular weight is 383 g/mol. The normalized spacial score (nSPS) is 27.8. The predicted octanol–water partition coefficient (Wildman–Crippen LogP) is 2.85. The lowest BCUT2D eigenvalue weighted by Crippen LogP contribution is -2.42. The molecule has 0 heterocycles. The lowest BCUT2D eigenvalue weighted by atomic mass is 10.2. The van der Waals surface area contributed by atoms with E-state index >= 15 is 0 Å². The molecule has 2 rings (SSSR count). The Kier molecular flexibility index (Phi) is 7.75. The van der Waals surface area contributed by atoms with E-state index in [9.17, 15) is 0 Å². The SMILES string of the molecule is CN=C(NCCC1CC1)NC1CCC(SC)C1.I. The molecule has 0 aromatic carbocycles. The minimum atomic E-state index is 0. The summed E-state index contributed by atoms with van der Waals surface area (Å²) in [5, 5.41) is 7.83. The number of nitrogens with one attached hydrogen (secondary N) is 2. The Hall–Kier alpha value is 0.350. The average Bonchev–Trinajstić information content (AvgIpc) is 3.06. The van der Waals surface area contributed by atoms with Gasteiger partial charge in [0, 0.05) is 24.9 Å². The first-order valence-corrected chi connectivity index (χ1v) is 8.10. The van der Waals surface area contributed by atoms with Crippen molar-refractivity contribution in [2.75, 3.05) is 19.8 Å². The van der Waals surface area contributed by atoms with Gasteiger partial charge in [0.1, 0.15) is 0 Å². The van der Waals surface area contributed by atoms with Crippen LogP contribution in [0.2, 0.25) is 0 Å². The quantitative estimate of drug-likeness (QED) is 0.436. The molecule has 3 nitrogen and oxygen atoms in total. The first kappa shape index (κ1) is 16.4. The van der Waals surface area contributed by atoms with Crippen LogP contribution in [0.3, 0.4) is 0 Å². The van der Waals surface area contributed by atoms with E-state index in [1.165, 1.54) is 38.5 Å². The van der Waals surface area contributed by atoms with Crippen LogP contribution in [0.1, 0.15) is 38.5 Å². The van der Waals surface area contributed by atoms with Crippen molar-refractivity contribution < 1.29 is 0 Å². The molecule has 106 valence electrons. The molecule has 0 radical (unpaired) electrons. The molecule has 0 bridgehead atoms. The molecular weight excluding hydrogens is 357 g/mol. The first-order chi connectivity index (χ1) is 8.31. The van der Waals surface area contributed by atoms with Crippen molar-refractivity contribution in [2.45, 2.75) is 49.8 Å². The number of rotatable bonds is 5. The summed E-state index contributed by atoms with van der Waals surface area (Å²) in [6.45, 7) is 1.07. The summed E-state index contributed by atoms with van der Waals surface area (Å²) in [5.41, 5.74) is 0. The van der Waals surface area contributed by atoms with Gasteiger partial charge in [0.25, 0.3) is 0 Å². The molecule has 5 heteroatoms. The fourth-order valence-corrected chi connectivity index (χ4v) is 3.27. The van der Waals surface area contributed by atoms with Crippen LogP contribution in [-0.4, -0.2) is 37.1 Å². The Morgan fingerprint density at radius 2 is 2.06 bits per heavy atom. The van der Waals surface area contributed by atoms with Crippen LogP contribution in [0.25, 0.3) is 0 Å². The zero-order valence-electron chi connectivity index (χ0n) is 11.4. The summed E-state index contributed by atoms with van der Waals surface area (Å²) in [4.78, 5) is 4.31. The van der Waals surface area contributed by atoms with Gasteiger partial charge < -0.3 is 10.6 Å². The van der Waals surface area contributed by atoms with Crippen molar-refractivity contribution in [1.82, 2.24) is 10.6 Å². The highest BCUT2D eigenvalue weighted by Gasteiger charge is 2.24. The highest BCUT2D eigenvalue weighted by molar-refractivity contribution is 14.0. The van der Waals surface area contributed by atoms with E-state index in [1.54, 1.807) is 0 Å². The van der Waals surface area contributed by atoms with Crippen LogP contribution < -0.4 is 10.6 Å². The molecule has 2 atom stereocenters. The Bertz CT molecular complexity index is 269. The van der Waals surface area contributed by atoms with Crippen LogP contribution in [0.4, 0.5) is 0 Å². The molecule has 2 N–H and O–H groups in total. The maximum absolute atomic E-state index is 4.31. The van der Waals surface area contributed by atoms with Gasteiger partial charge in [-0.1, -0.05) is 12.8 Å². The lowest BCUT2D eigenvalue weighted by molar-refractivity contribution is 0.606. The molecule has 0 amide bonds. The van der Waals surface area contributed by atoms with Gasteiger partial charge in [-0.3, -0.25) is 4.99 Å². The van der Waals surface area contributed by atoms with Crippen LogP contribution >= 0.6 is 35.7 Å². The van der Waals surface area contributed by atoms with Gasteiger partial charge in [0.15, 0.2) is 5.96 Å². The van der Waals surface area contributed by atoms with Crippen molar-refractivity contribution in [3.8, 4) is 0 Å². The van der Waals surface area contributed by atoms with Crippen LogP contribution in [0, 0.1) is 5.92 Å². The second-order valence-electron chi connectivity index (χ2n) is 5.24. The summed E-state index contributed by atoms with van der Waals surface area (Å²) in [7, 11) is 1.87. The third-order valence-corrected chi connectivity index (χ3v) is 4.92. The van der Waals surface area contributed by atoms with E-state index in [4.69, 9.17) is 0 Å². The molecule has 2 aliphatic rings. The zero-order valence-corrected chi connectivity index (χ0v) is 14.6. The van der Waals surface area contributed by atoms with E-state index in [0.717, 1.165) is 23.7 Å². The molecule has 2 unspecified atom stereocenters. The monoisotopic (exact) mass is 383 g/mol. The van der Waals surface area contributed by atoms with Gasteiger partial charge in [-0.25, -0.2) is 0 Å². The highest BCUT2D eigenvalue weighted by Crippen LogP contribution is 2.31. The van der Waals surface area contributed by atoms with Gasteiger partial charge in [0.05, 0.1) is 0 Å². The summed E-state index contributed by atoms with van der Waals surface area (Å²) >= 11 is 2.00. The fourth-order valence-electron chi connectivity index (χ4n) is 2.47. The molecule has 2 aliphatic carbocycles. The molecule has 0 aliphatic heterocycles. The van der Waals surface area contributed by atoms with Gasteiger partial charge in [-0.2, -0.15) is 11.8 Å². The summed E-state index contributed by atoms with van der Waals surface area (Å²) in [5.74, 6) is 1.99. The van der Waals surface area contributed by atoms with E-state index in [2.05, 4.69) is 21.9 Å². The predicted molar refractivity (Wildman–Crippen MR) is 92.2 cm³/mol. The Morgan fingerprint density at radius 3 is 2.61 bits per heavy atom. The molecule has 2 fully saturated rings. The van der Waals surface area contributed by atoms with Gasteiger partial charge in [0.2, 0.25) is 0 Å². The lowest BCUT2D eigenvalue weighted by Gasteiger charge is -2.17. The maximum atomic E-state index is 4.31. The van der Waals surface area contributed by atoms with Crippen molar-refractivity contribution in [1.29, 1.82) is 0 Å². The first-order valence-electron chi connectivity index (χ1n) is 6.81. The molecule has 0 aromatic rings. The number of halogens is 1. The second kappa shape index (κ2) is 8.51. The summed E-state index contributed by atoms with van der Waals surface area (Å²) in [6.07, 6.45) is 10.3. The van der Waals surface area contributed by atoms with E-state index in [-0.39, 0.29) is 24.0 Å². The van der Waals surface area contributed by atoms with Crippen molar-refractivity contribution >= 4 is 41.7 Å². The van der Waals surface area contributed by atoms with Gasteiger partial charge in [-0.05, 0) is 37.9 Å². The van der Waals surface area contributed by atoms with Crippen molar-refractivity contribution in [2.24, 2.45) is 10.9 Å². The van der Waals surface area contributed by atoms with Gasteiger partial charge in [-0.15, -0.1) is 24.0 Å². The highest BCUT2D eigenvalue weighted by atomic mass is 127. The zero-order chi connectivity index (χ0) is 12.1. The minimum Gasteiger partial charge on any atom is -0.356 e. The smallest absolute Gasteiger partial charge is 0.191 e. The number of hydrogen-bond donors (Lipinski definition) is 2. The Balaban J connectivity index is 0.00000162. The van der Waals surface area contributed by atoms with Gasteiger partial charge >= 0.3 is 0 Å². The minimum absolute atomic E-state index is 0. The Morgan fingerprint density at radius 1 is 1.28 bits per heavy atom. The van der Waals surface area contributed by atoms with Crippen LogP contribution in [-0.2, 0) is 0 Å². The van der Waals surface area contributed by atoms with E-state index < -0.39 is 0 Å². The van der Waals surface area contributed by atoms with Crippen molar-refractivity contribution in [3.63, 3.8) is 0 Å². The number of nitrogens with zero attached hydrogens (tertiary/aromatic N) is 1. The molecular formula is C13H26IN3S. The van der Waals surface area contributed by atoms with E-state index in [1.807, 2.05) is 18.8 Å². The fraction of sp³-hybridized carbons (Fsp3) is 0.923. The molecule has 0 aromatic heterocycles.